The van der Waals surface area contributed by atoms with Gasteiger partial charge in [0.2, 0.25) is 5.91 Å². The maximum Gasteiger partial charge on any atom is 0.234 e. The first-order valence-electron chi connectivity index (χ1n) is 9.44. The van der Waals surface area contributed by atoms with Crippen LogP contribution in [0.4, 0.5) is 0 Å². The fourth-order valence-corrected chi connectivity index (χ4v) is 3.70. The highest BCUT2D eigenvalue weighted by molar-refractivity contribution is 7.98. The van der Waals surface area contributed by atoms with Gasteiger partial charge in [0.05, 0.1) is 18.8 Å². The summed E-state index contributed by atoms with van der Waals surface area (Å²) < 4.78 is 5.55. The van der Waals surface area contributed by atoms with Gasteiger partial charge in [0.15, 0.2) is 0 Å². The molecule has 5 heteroatoms. The highest BCUT2D eigenvalue weighted by Gasteiger charge is 2.17. The van der Waals surface area contributed by atoms with E-state index in [1.807, 2.05) is 54.2 Å². The van der Waals surface area contributed by atoms with Crippen molar-refractivity contribution in [1.29, 1.82) is 0 Å². The van der Waals surface area contributed by atoms with Crippen LogP contribution in [0.15, 0.2) is 77.4 Å². The molecular weight excluding hydrogens is 368 g/mol. The van der Waals surface area contributed by atoms with Crippen molar-refractivity contribution in [3.8, 4) is 0 Å². The lowest BCUT2D eigenvalue weighted by molar-refractivity contribution is -0.120. The van der Waals surface area contributed by atoms with Gasteiger partial charge < -0.3 is 9.73 Å². The summed E-state index contributed by atoms with van der Waals surface area (Å²) >= 11 is 1.82. The van der Waals surface area contributed by atoms with E-state index in [2.05, 4.69) is 41.8 Å². The Morgan fingerprint density at radius 2 is 1.82 bits per heavy atom. The maximum absolute atomic E-state index is 12.2. The lowest BCUT2D eigenvalue weighted by Gasteiger charge is -2.17. The average molecular weight is 395 g/mol. The number of aryl methyl sites for hydroxylation is 1. The van der Waals surface area contributed by atoms with E-state index in [0.29, 0.717) is 6.54 Å². The van der Waals surface area contributed by atoms with E-state index in [0.717, 1.165) is 22.8 Å². The van der Waals surface area contributed by atoms with Gasteiger partial charge in [-0.05, 0) is 30.2 Å². The van der Waals surface area contributed by atoms with E-state index < -0.39 is 0 Å². The molecule has 1 heterocycles. The summed E-state index contributed by atoms with van der Waals surface area (Å²) in [4.78, 5) is 12.2. The third kappa shape index (κ3) is 6.29. The molecule has 3 rings (SSSR count). The van der Waals surface area contributed by atoms with E-state index >= 15 is 0 Å². The minimum absolute atomic E-state index is 0.0107. The number of nitrogens with one attached hydrogen (secondary N) is 2. The van der Waals surface area contributed by atoms with Crippen LogP contribution in [0, 0.1) is 6.92 Å². The summed E-state index contributed by atoms with van der Waals surface area (Å²) in [6.45, 7) is 2.99. The molecule has 0 fully saturated rings. The molecular formula is C23H26N2O2S. The number of furan rings is 1. The van der Waals surface area contributed by atoms with Crippen LogP contribution in [0.25, 0.3) is 0 Å². The van der Waals surface area contributed by atoms with Crippen molar-refractivity contribution < 1.29 is 9.21 Å². The predicted molar refractivity (Wildman–Crippen MR) is 115 cm³/mol. The van der Waals surface area contributed by atoms with Crippen LogP contribution in [0.5, 0.6) is 0 Å². The third-order valence-corrected chi connectivity index (χ3v) is 5.42. The second-order valence-electron chi connectivity index (χ2n) is 6.63. The summed E-state index contributed by atoms with van der Waals surface area (Å²) in [6, 6.07) is 22.2. The minimum atomic E-state index is -0.141. The van der Waals surface area contributed by atoms with Crippen LogP contribution in [0.1, 0.15) is 28.5 Å². The van der Waals surface area contributed by atoms with Crippen LogP contribution in [0.2, 0.25) is 0 Å². The van der Waals surface area contributed by atoms with E-state index in [4.69, 9.17) is 4.42 Å². The summed E-state index contributed by atoms with van der Waals surface area (Å²) in [5.74, 6) is 2.64. The second kappa shape index (κ2) is 10.7. The summed E-state index contributed by atoms with van der Waals surface area (Å²) in [5, 5.41) is 6.27. The Kier molecular flexibility index (Phi) is 7.76. The Hall–Kier alpha value is -2.50. The topological polar surface area (TPSA) is 54.3 Å². The zero-order valence-corrected chi connectivity index (χ0v) is 16.9. The molecule has 0 spiro atoms. The number of thioether (sulfide) groups is 1. The molecule has 0 saturated heterocycles. The van der Waals surface area contributed by atoms with Gasteiger partial charge in [-0.15, -0.1) is 0 Å². The van der Waals surface area contributed by atoms with Gasteiger partial charge in [0.25, 0.3) is 0 Å². The van der Waals surface area contributed by atoms with Crippen molar-refractivity contribution in [3.63, 3.8) is 0 Å². The van der Waals surface area contributed by atoms with Crippen LogP contribution >= 0.6 is 11.8 Å². The first-order chi connectivity index (χ1) is 13.7. The Labute approximate surface area is 170 Å². The van der Waals surface area contributed by atoms with E-state index in [1.54, 1.807) is 6.26 Å². The summed E-state index contributed by atoms with van der Waals surface area (Å²) in [5.41, 5.74) is 3.66. The number of rotatable bonds is 10. The van der Waals surface area contributed by atoms with Crippen molar-refractivity contribution in [2.45, 2.75) is 18.7 Å². The molecule has 0 aliphatic rings. The van der Waals surface area contributed by atoms with Gasteiger partial charge in [-0.25, -0.2) is 0 Å². The molecule has 2 aromatic carbocycles. The molecule has 0 aliphatic carbocycles. The predicted octanol–water partition coefficient (Wildman–Crippen LogP) is 4.32. The largest absolute Gasteiger partial charge is 0.467 e. The van der Waals surface area contributed by atoms with Crippen LogP contribution < -0.4 is 10.6 Å². The highest BCUT2D eigenvalue weighted by atomic mass is 32.2. The van der Waals surface area contributed by atoms with Gasteiger partial charge in [-0.1, -0.05) is 60.2 Å². The smallest absolute Gasteiger partial charge is 0.234 e. The number of benzene rings is 2. The SMILES string of the molecule is Cc1ccc(CSCCNC(=O)CN[C@H](c2ccccc2)c2ccco2)cc1. The molecule has 0 unspecified atom stereocenters. The first kappa shape index (κ1) is 20.2. The van der Waals surface area contributed by atoms with Gasteiger partial charge in [0, 0.05) is 18.1 Å². The number of hydrogen-bond donors (Lipinski definition) is 2. The molecule has 28 heavy (non-hydrogen) atoms. The fourth-order valence-electron chi connectivity index (χ4n) is 2.88. The molecule has 1 aromatic heterocycles. The summed E-state index contributed by atoms with van der Waals surface area (Å²) in [6.07, 6.45) is 1.65. The molecule has 146 valence electrons. The van der Waals surface area contributed by atoms with Gasteiger partial charge in [-0.3, -0.25) is 10.1 Å². The minimum Gasteiger partial charge on any atom is -0.467 e. The van der Waals surface area contributed by atoms with Crippen molar-refractivity contribution in [2.24, 2.45) is 0 Å². The van der Waals surface area contributed by atoms with Crippen LogP contribution in [-0.2, 0) is 10.5 Å². The van der Waals surface area contributed by atoms with Crippen molar-refractivity contribution in [2.75, 3.05) is 18.8 Å². The molecule has 3 aromatic rings. The second-order valence-corrected chi connectivity index (χ2v) is 7.73. The molecule has 1 amide bonds. The third-order valence-electron chi connectivity index (χ3n) is 4.39. The van der Waals surface area contributed by atoms with Crippen LogP contribution in [-0.4, -0.2) is 24.7 Å². The van der Waals surface area contributed by atoms with Crippen LogP contribution in [0.3, 0.4) is 0 Å². The number of amides is 1. The molecule has 1 atom stereocenters. The molecule has 0 radical (unpaired) electrons. The maximum atomic E-state index is 12.2. The molecule has 4 nitrogen and oxygen atoms in total. The Morgan fingerprint density at radius 1 is 1.04 bits per heavy atom. The normalized spacial score (nSPS) is 11.9. The molecule has 0 saturated carbocycles. The number of carbonyl (C=O) groups is 1. The zero-order valence-electron chi connectivity index (χ0n) is 16.1. The highest BCUT2D eigenvalue weighted by Crippen LogP contribution is 2.22. The van der Waals surface area contributed by atoms with Gasteiger partial charge >= 0.3 is 0 Å². The Bertz CT molecular complexity index is 833. The van der Waals surface area contributed by atoms with E-state index in [1.165, 1.54) is 11.1 Å². The molecule has 0 aliphatic heterocycles. The quantitative estimate of drug-likeness (QED) is 0.503. The van der Waals surface area contributed by atoms with Crippen molar-refractivity contribution in [1.82, 2.24) is 10.6 Å². The van der Waals surface area contributed by atoms with Gasteiger partial charge in [0.1, 0.15) is 5.76 Å². The number of hydrogen-bond acceptors (Lipinski definition) is 4. The first-order valence-corrected chi connectivity index (χ1v) is 10.6. The summed E-state index contributed by atoms with van der Waals surface area (Å²) in [7, 11) is 0. The fraction of sp³-hybridized carbons (Fsp3) is 0.261. The van der Waals surface area contributed by atoms with Crippen molar-refractivity contribution >= 4 is 17.7 Å². The standard InChI is InChI=1S/C23H26N2O2S/c1-18-9-11-19(12-10-18)17-28-15-13-24-22(26)16-25-23(21-8-5-14-27-21)20-6-3-2-4-7-20/h2-12,14,23,25H,13,15-17H2,1H3,(H,24,26)/t23-/m1/s1. The zero-order chi connectivity index (χ0) is 19.6. The number of carbonyl (C=O) groups excluding carboxylic acids is 1. The Balaban J connectivity index is 1.39. The van der Waals surface area contributed by atoms with E-state index in [9.17, 15) is 4.79 Å². The van der Waals surface area contributed by atoms with Crippen molar-refractivity contribution in [3.05, 3.63) is 95.4 Å². The Morgan fingerprint density at radius 3 is 2.54 bits per heavy atom. The monoisotopic (exact) mass is 394 g/mol. The molecule has 0 bridgehead atoms. The average Bonchev–Trinajstić information content (AvgIpc) is 3.25. The lowest BCUT2D eigenvalue weighted by atomic mass is 10.0. The van der Waals surface area contributed by atoms with E-state index in [-0.39, 0.29) is 18.5 Å². The lowest BCUT2D eigenvalue weighted by Crippen LogP contribution is -2.37. The molecule has 2 N–H and O–H groups in total. The van der Waals surface area contributed by atoms with Gasteiger partial charge in [-0.2, -0.15) is 11.8 Å².